The van der Waals surface area contributed by atoms with E-state index in [9.17, 15) is 9.59 Å². The van der Waals surface area contributed by atoms with Gasteiger partial charge in [0, 0.05) is 29.9 Å². The van der Waals surface area contributed by atoms with Crippen LogP contribution in [0.2, 0.25) is 0 Å². The van der Waals surface area contributed by atoms with Crippen molar-refractivity contribution in [3.05, 3.63) is 94.7 Å². The summed E-state index contributed by atoms with van der Waals surface area (Å²) in [5.74, 6) is 1.19. The number of benzene rings is 3. The van der Waals surface area contributed by atoms with E-state index < -0.39 is 5.54 Å². The fourth-order valence-corrected chi connectivity index (χ4v) is 6.44. The standard InChI is InChI=1S/C33H35N3O4/c1-5-21-10-13-23(14-11-21)25-19-36-29(37)20-35(17-16-22-12-15-27(39-3)28(18-22)40-4)32(38)33(36,2)31-30(25)24-8-6-7-9-26(24)34-31/h6-15,18,25,34H,5,16-17,19-20H2,1-4H3/t25?,33-/m0/s1. The number of ether oxygens (including phenoxy) is 2. The first-order valence-corrected chi connectivity index (χ1v) is 13.9. The molecule has 1 unspecified atom stereocenters. The summed E-state index contributed by atoms with van der Waals surface area (Å²) in [6.45, 7) is 5.01. The number of carbonyl (C=O) groups is 2. The normalized spacial score (nSPS) is 20.4. The van der Waals surface area contributed by atoms with Gasteiger partial charge < -0.3 is 24.3 Å². The number of piperazine rings is 1. The number of nitrogens with zero attached hydrogens (tertiary/aromatic N) is 2. The van der Waals surface area contributed by atoms with Gasteiger partial charge in [-0.05, 0) is 60.2 Å². The molecule has 1 fully saturated rings. The monoisotopic (exact) mass is 537 g/mol. The summed E-state index contributed by atoms with van der Waals surface area (Å²) in [6.07, 6.45) is 1.57. The van der Waals surface area contributed by atoms with Crippen molar-refractivity contribution in [3.8, 4) is 11.5 Å². The van der Waals surface area contributed by atoms with Gasteiger partial charge in [0.15, 0.2) is 17.0 Å². The summed E-state index contributed by atoms with van der Waals surface area (Å²) >= 11 is 0. The first-order chi connectivity index (χ1) is 19.4. The van der Waals surface area contributed by atoms with E-state index in [4.69, 9.17) is 9.47 Å². The molecular weight excluding hydrogens is 502 g/mol. The van der Waals surface area contributed by atoms with Gasteiger partial charge in [-0.25, -0.2) is 0 Å². The maximum atomic E-state index is 14.3. The molecule has 0 spiro atoms. The van der Waals surface area contributed by atoms with Crippen LogP contribution in [0.4, 0.5) is 0 Å². The van der Waals surface area contributed by atoms with Crippen molar-refractivity contribution >= 4 is 22.7 Å². The van der Waals surface area contributed by atoms with E-state index in [1.807, 2.05) is 43.3 Å². The third-order valence-electron chi connectivity index (χ3n) is 8.73. The Balaban J connectivity index is 1.38. The highest BCUT2D eigenvalue weighted by molar-refractivity contribution is 6.01. The molecule has 7 nitrogen and oxygen atoms in total. The fourth-order valence-electron chi connectivity index (χ4n) is 6.44. The van der Waals surface area contributed by atoms with E-state index in [2.05, 4.69) is 42.2 Å². The summed E-state index contributed by atoms with van der Waals surface area (Å²) in [5.41, 5.74) is 5.24. The second kappa shape index (κ2) is 10.0. The highest BCUT2D eigenvalue weighted by atomic mass is 16.5. The van der Waals surface area contributed by atoms with E-state index in [0.717, 1.165) is 39.7 Å². The van der Waals surface area contributed by atoms with Gasteiger partial charge in [0.25, 0.3) is 5.91 Å². The van der Waals surface area contributed by atoms with Crippen LogP contribution in [-0.4, -0.2) is 60.5 Å². The maximum absolute atomic E-state index is 14.3. The molecule has 0 saturated carbocycles. The van der Waals surface area contributed by atoms with Gasteiger partial charge in [0.1, 0.15) is 0 Å². The predicted octanol–water partition coefficient (Wildman–Crippen LogP) is 5.02. The second-order valence-corrected chi connectivity index (χ2v) is 10.8. The Morgan fingerprint density at radius 2 is 1.68 bits per heavy atom. The van der Waals surface area contributed by atoms with Crippen LogP contribution in [0.25, 0.3) is 10.9 Å². The van der Waals surface area contributed by atoms with Gasteiger partial charge in [-0.1, -0.05) is 55.5 Å². The Labute approximate surface area is 234 Å². The molecule has 0 radical (unpaired) electrons. The molecule has 1 N–H and O–H groups in total. The molecule has 0 bridgehead atoms. The van der Waals surface area contributed by atoms with Crippen molar-refractivity contribution in [1.82, 2.24) is 14.8 Å². The largest absolute Gasteiger partial charge is 0.493 e. The molecule has 2 atom stereocenters. The van der Waals surface area contributed by atoms with Crippen LogP contribution in [0.1, 0.15) is 47.7 Å². The summed E-state index contributed by atoms with van der Waals surface area (Å²) in [5, 5.41) is 1.10. The van der Waals surface area contributed by atoms with Crippen LogP contribution in [0.3, 0.4) is 0 Å². The number of methoxy groups -OCH3 is 2. The highest BCUT2D eigenvalue weighted by Gasteiger charge is 2.56. The lowest BCUT2D eigenvalue weighted by atomic mass is 9.76. The molecule has 6 rings (SSSR count). The number of aromatic nitrogens is 1. The molecule has 206 valence electrons. The van der Waals surface area contributed by atoms with Gasteiger partial charge >= 0.3 is 0 Å². The molecule has 3 heterocycles. The van der Waals surface area contributed by atoms with Gasteiger partial charge in [-0.15, -0.1) is 0 Å². The fraction of sp³-hybridized carbons (Fsp3) is 0.333. The minimum Gasteiger partial charge on any atom is -0.493 e. The number of fused-ring (bicyclic) bond motifs is 5. The third kappa shape index (κ3) is 4.03. The van der Waals surface area contributed by atoms with E-state index >= 15 is 0 Å². The van der Waals surface area contributed by atoms with Crippen molar-refractivity contribution in [1.29, 1.82) is 0 Å². The molecule has 1 aromatic heterocycles. The van der Waals surface area contributed by atoms with Crippen molar-refractivity contribution in [3.63, 3.8) is 0 Å². The van der Waals surface area contributed by atoms with E-state index in [-0.39, 0.29) is 24.3 Å². The highest BCUT2D eigenvalue weighted by Crippen LogP contribution is 2.48. The Kier molecular flexibility index (Phi) is 6.53. The van der Waals surface area contributed by atoms with E-state index in [1.165, 1.54) is 5.56 Å². The van der Waals surface area contributed by atoms with Gasteiger partial charge in [0.2, 0.25) is 5.91 Å². The van der Waals surface area contributed by atoms with Crippen LogP contribution >= 0.6 is 0 Å². The average Bonchev–Trinajstić information content (AvgIpc) is 3.39. The number of carbonyl (C=O) groups excluding carboxylic acids is 2. The first kappa shape index (κ1) is 26.0. The molecule has 0 aliphatic carbocycles. The number of hydrogen-bond acceptors (Lipinski definition) is 4. The van der Waals surface area contributed by atoms with Gasteiger partial charge in [-0.3, -0.25) is 9.59 Å². The van der Waals surface area contributed by atoms with Crippen LogP contribution in [0, 0.1) is 0 Å². The zero-order valence-corrected chi connectivity index (χ0v) is 23.5. The lowest BCUT2D eigenvalue weighted by molar-refractivity contribution is -0.166. The maximum Gasteiger partial charge on any atom is 0.254 e. The zero-order valence-electron chi connectivity index (χ0n) is 23.5. The number of nitrogens with one attached hydrogen (secondary N) is 1. The Morgan fingerprint density at radius 3 is 2.40 bits per heavy atom. The topological polar surface area (TPSA) is 74.9 Å². The lowest BCUT2D eigenvalue weighted by Gasteiger charge is -2.51. The van der Waals surface area contributed by atoms with Crippen molar-refractivity contribution in [2.24, 2.45) is 0 Å². The quantitative estimate of drug-likeness (QED) is 0.359. The molecule has 40 heavy (non-hydrogen) atoms. The molecule has 2 aliphatic rings. The molecule has 3 aromatic carbocycles. The molecule has 2 aliphatic heterocycles. The number of amides is 2. The molecule has 2 amide bonds. The Hall–Kier alpha value is -4.26. The minimum absolute atomic E-state index is 0.0276. The van der Waals surface area contributed by atoms with E-state index in [0.29, 0.717) is 31.0 Å². The smallest absolute Gasteiger partial charge is 0.254 e. The van der Waals surface area contributed by atoms with Crippen molar-refractivity contribution < 1.29 is 19.1 Å². The number of hydrogen-bond donors (Lipinski definition) is 1. The lowest BCUT2D eigenvalue weighted by Crippen LogP contribution is -2.67. The van der Waals surface area contributed by atoms with E-state index in [1.54, 1.807) is 24.0 Å². The first-order valence-electron chi connectivity index (χ1n) is 13.9. The number of aryl methyl sites for hydroxylation is 1. The third-order valence-corrected chi connectivity index (χ3v) is 8.73. The van der Waals surface area contributed by atoms with Gasteiger partial charge in [0.05, 0.1) is 26.5 Å². The van der Waals surface area contributed by atoms with Crippen molar-refractivity contribution in [2.75, 3.05) is 33.9 Å². The zero-order chi connectivity index (χ0) is 28.0. The number of rotatable bonds is 7. The molecule has 7 heteroatoms. The van der Waals surface area contributed by atoms with Crippen molar-refractivity contribution in [2.45, 2.75) is 38.1 Å². The average molecular weight is 538 g/mol. The number of aromatic amines is 1. The molecule has 1 saturated heterocycles. The molecular formula is C33H35N3O4. The summed E-state index contributed by atoms with van der Waals surface area (Å²) in [7, 11) is 3.21. The predicted molar refractivity (Wildman–Crippen MR) is 155 cm³/mol. The minimum atomic E-state index is -1.11. The van der Waals surface area contributed by atoms with Gasteiger partial charge in [-0.2, -0.15) is 0 Å². The summed E-state index contributed by atoms with van der Waals surface area (Å²) in [6, 6.07) is 22.6. The summed E-state index contributed by atoms with van der Waals surface area (Å²) < 4.78 is 10.8. The Bertz CT molecular complexity index is 1590. The van der Waals surface area contributed by atoms with Crippen LogP contribution in [0.15, 0.2) is 66.7 Å². The Morgan fingerprint density at radius 1 is 0.950 bits per heavy atom. The number of H-pyrrole nitrogens is 1. The number of para-hydroxylation sites is 1. The molecule has 4 aromatic rings. The SMILES string of the molecule is CCc1ccc(C2CN3C(=O)CN(CCc4ccc(OC)c(OC)c4)C(=O)[C@]3(C)c3[nH]c4ccccc4c32)cc1. The van der Waals surface area contributed by atoms with Crippen LogP contribution in [-0.2, 0) is 28.0 Å². The van der Waals surface area contributed by atoms with Crippen LogP contribution in [0.5, 0.6) is 11.5 Å². The summed E-state index contributed by atoms with van der Waals surface area (Å²) in [4.78, 5) is 35.2. The van der Waals surface area contributed by atoms with Crippen LogP contribution < -0.4 is 9.47 Å². The second-order valence-electron chi connectivity index (χ2n) is 10.8.